The van der Waals surface area contributed by atoms with Crippen LogP contribution in [-0.2, 0) is 22.6 Å². The number of carbonyl (C=O) groups is 2. The first-order valence-corrected chi connectivity index (χ1v) is 12.9. The van der Waals surface area contributed by atoms with E-state index in [1.807, 2.05) is 66.6 Å². The molecule has 0 fully saturated rings. The minimum atomic E-state index is -0.145. The van der Waals surface area contributed by atoms with Crippen LogP contribution in [0.25, 0.3) is 0 Å². The molecule has 0 unspecified atom stereocenters. The van der Waals surface area contributed by atoms with Gasteiger partial charge >= 0.3 is 0 Å². The van der Waals surface area contributed by atoms with E-state index in [2.05, 4.69) is 6.07 Å². The molecule has 2 amide bonds. The SMILES string of the molecule is COCCCN(CC(=O)N(Cc1ccc2c(c1)OCO2)Cc1sccc1C)C(=O)c1ccccc1C. The number of hydrogen-bond donors (Lipinski definition) is 0. The Balaban J connectivity index is 1.56. The lowest BCUT2D eigenvalue weighted by molar-refractivity contribution is -0.133. The molecule has 2 aromatic carbocycles. The highest BCUT2D eigenvalue weighted by Crippen LogP contribution is 2.33. The molecule has 0 N–H and O–H groups in total. The number of rotatable bonds is 11. The lowest BCUT2D eigenvalue weighted by atomic mass is 10.1. The second-order valence-corrected chi connectivity index (χ2v) is 9.85. The minimum Gasteiger partial charge on any atom is -0.454 e. The third kappa shape index (κ3) is 6.25. The van der Waals surface area contributed by atoms with Crippen LogP contribution in [0, 0.1) is 13.8 Å². The molecule has 1 aliphatic rings. The maximum Gasteiger partial charge on any atom is 0.254 e. The van der Waals surface area contributed by atoms with Gasteiger partial charge in [-0.05, 0) is 66.6 Å². The predicted octanol–water partition coefficient (Wildman–Crippen LogP) is 4.80. The van der Waals surface area contributed by atoms with Gasteiger partial charge in [0.1, 0.15) is 6.54 Å². The zero-order chi connectivity index (χ0) is 25.5. The normalized spacial score (nSPS) is 12.0. The summed E-state index contributed by atoms with van der Waals surface area (Å²) in [4.78, 5) is 31.8. The molecule has 1 aromatic heterocycles. The quantitative estimate of drug-likeness (QED) is 0.348. The second kappa shape index (κ2) is 12.1. The number of amides is 2. The molecule has 3 aromatic rings. The van der Waals surface area contributed by atoms with Crippen molar-refractivity contribution in [2.24, 2.45) is 0 Å². The van der Waals surface area contributed by atoms with Gasteiger partial charge in [0.05, 0.1) is 6.54 Å². The number of aryl methyl sites for hydroxylation is 2. The zero-order valence-corrected chi connectivity index (χ0v) is 21.8. The number of thiophene rings is 1. The first-order chi connectivity index (χ1) is 17.5. The van der Waals surface area contributed by atoms with Crippen LogP contribution >= 0.6 is 11.3 Å². The van der Waals surface area contributed by atoms with Gasteiger partial charge in [-0.15, -0.1) is 11.3 Å². The van der Waals surface area contributed by atoms with E-state index in [1.54, 1.807) is 23.3 Å². The first kappa shape index (κ1) is 25.7. The summed E-state index contributed by atoms with van der Waals surface area (Å²) in [5.74, 6) is 1.13. The van der Waals surface area contributed by atoms with Crippen molar-refractivity contribution in [1.82, 2.24) is 9.80 Å². The van der Waals surface area contributed by atoms with Crippen LogP contribution in [0.2, 0.25) is 0 Å². The van der Waals surface area contributed by atoms with Crippen molar-refractivity contribution in [3.05, 3.63) is 81.0 Å². The van der Waals surface area contributed by atoms with Crippen molar-refractivity contribution in [1.29, 1.82) is 0 Å². The van der Waals surface area contributed by atoms with Gasteiger partial charge in [-0.25, -0.2) is 0 Å². The van der Waals surface area contributed by atoms with Gasteiger partial charge in [-0.1, -0.05) is 24.3 Å². The molecule has 0 atom stereocenters. The van der Waals surface area contributed by atoms with Gasteiger partial charge in [0, 0.05) is 37.2 Å². The Morgan fingerprint density at radius 2 is 1.78 bits per heavy atom. The number of carbonyl (C=O) groups excluding carboxylic acids is 2. The van der Waals surface area contributed by atoms with E-state index < -0.39 is 0 Å². The largest absolute Gasteiger partial charge is 0.454 e. The molecule has 4 rings (SSSR count). The summed E-state index contributed by atoms with van der Waals surface area (Å²) in [5, 5.41) is 2.03. The second-order valence-electron chi connectivity index (χ2n) is 8.85. The van der Waals surface area contributed by atoms with E-state index in [1.165, 1.54) is 0 Å². The van der Waals surface area contributed by atoms with Gasteiger partial charge < -0.3 is 24.0 Å². The lowest BCUT2D eigenvalue weighted by Gasteiger charge is -2.28. The average molecular weight is 509 g/mol. The fourth-order valence-corrected chi connectivity index (χ4v) is 5.05. The van der Waals surface area contributed by atoms with E-state index in [-0.39, 0.29) is 25.2 Å². The summed E-state index contributed by atoms with van der Waals surface area (Å²) in [6, 6.07) is 15.3. The maximum absolute atomic E-state index is 13.7. The molecule has 2 heterocycles. The van der Waals surface area contributed by atoms with Gasteiger partial charge in [0.2, 0.25) is 12.7 Å². The number of hydrogen-bond acceptors (Lipinski definition) is 6. The maximum atomic E-state index is 13.7. The van der Waals surface area contributed by atoms with Crippen LogP contribution in [0.1, 0.15) is 38.3 Å². The Hall–Kier alpha value is -3.36. The highest BCUT2D eigenvalue weighted by Gasteiger charge is 2.25. The fraction of sp³-hybridized carbons (Fsp3) is 0.357. The molecule has 36 heavy (non-hydrogen) atoms. The summed E-state index contributed by atoms with van der Waals surface area (Å²) in [6.45, 7) is 5.98. The summed E-state index contributed by atoms with van der Waals surface area (Å²) in [5.41, 5.74) is 3.59. The Bertz CT molecular complexity index is 1210. The summed E-state index contributed by atoms with van der Waals surface area (Å²) in [7, 11) is 1.63. The third-order valence-electron chi connectivity index (χ3n) is 6.23. The minimum absolute atomic E-state index is 0.00808. The Morgan fingerprint density at radius 1 is 0.972 bits per heavy atom. The molecule has 0 saturated heterocycles. The molecule has 0 spiro atoms. The highest BCUT2D eigenvalue weighted by atomic mass is 32.1. The molecule has 7 nitrogen and oxygen atoms in total. The van der Waals surface area contributed by atoms with Crippen molar-refractivity contribution < 1.29 is 23.8 Å². The van der Waals surface area contributed by atoms with Gasteiger partial charge in [-0.3, -0.25) is 9.59 Å². The number of methoxy groups -OCH3 is 1. The van der Waals surface area contributed by atoms with Crippen molar-refractivity contribution in [3.8, 4) is 11.5 Å². The molecule has 8 heteroatoms. The van der Waals surface area contributed by atoms with Crippen molar-refractivity contribution in [2.75, 3.05) is 33.6 Å². The predicted molar refractivity (Wildman–Crippen MR) is 139 cm³/mol. The topological polar surface area (TPSA) is 68.3 Å². The van der Waals surface area contributed by atoms with Gasteiger partial charge in [0.15, 0.2) is 11.5 Å². The molecule has 0 radical (unpaired) electrons. The molecule has 0 saturated carbocycles. The smallest absolute Gasteiger partial charge is 0.254 e. The van der Waals surface area contributed by atoms with Crippen LogP contribution in [0.15, 0.2) is 53.9 Å². The molecular weight excluding hydrogens is 476 g/mol. The Kier molecular flexibility index (Phi) is 8.61. The van der Waals surface area contributed by atoms with Gasteiger partial charge in [0.25, 0.3) is 5.91 Å². The molecular formula is C28H32N2O5S. The lowest BCUT2D eigenvalue weighted by Crippen LogP contribution is -2.43. The monoisotopic (exact) mass is 508 g/mol. The molecule has 1 aliphatic heterocycles. The number of ether oxygens (including phenoxy) is 3. The van der Waals surface area contributed by atoms with E-state index >= 15 is 0 Å². The summed E-state index contributed by atoms with van der Waals surface area (Å²) >= 11 is 1.63. The first-order valence-electron chi connectivity index (χ1n) is 12.0. The van der Waals surface area contributed by atoms with Crippen LogP contribution in [-0.4, -0.2) is 55.2 Å². The molecule has 0 aliphatic carbocycles. The van der Waals surface area contributed by atoms with Gasteiger partial charge in [-0.2, -0.15) is 0 Å². The van der Waals surface area contributed by atoms with Crippen LogP contribution in [0.5, 0.6) is 11.5 Å². The number of fused-ring (bicyclic) bond motifs is 1. The third-order valence-corrected chi connectivity index (χ3v) is 7.24. The Labute approximate surface area is 216 Å². The van der Waals surface area contributed by atoms with E-state index in [0.717, 1.165) is 21.6 Å². The standard InChI is InChI=1S/C28H32N2O5S/c1-20-7-4-5-8-23(20)28(32)29(12-6-13-33-3)18-27(31)30(17-26-21(2)11-14-36-26)16-22-9-10-24-25(15-22)35-19-34-24/h4-5,7-11,14-15H,6,12-13,16-19H2,1-3H3. The fourth-order valence-electron chi connectivity index (χ4n) is 4.13. The van der Waals surface area contributed by atoms with Crippen molar-refractivity contribution in [3.63, 3.8) is 0 Å². The van der Waals surface area contributed by atoms with Crippen LogP contribution in [0.3, 0.4) is 0 Å². The summed E-state index contributed by atoms with van der Waals surface area (Å²) in [6.07, 6.45) is 0.646. The molecule has 0 bridgehead atoms. The van der Waals surface area contributed by atoms with Crippen LogP contribution < -0.4 is 9.47 Å². The average Bonchev–Trinajstić information content (AvgIpc) is 3.51. The van der Waals surface area contributed by atoms with E-state index in [4.69, 9.17) is 14.2 Å². The Morgan fingerprint density at radius 3 is 2.53 bits per heavy atom. The highest BCUT2D eigenvalue weighted by molar-refractivity contribution is 7.10. The number of benzene rings is 2. The van der Waals surface area contributed by atoms with Crippen molar-refractivity contribution >= 4 is 23.2 Å². The number of nitrogens with zero attached hydrogens (tertiary/aromatic N) is 2. The van der Waals surface area contributed by atoms with E-state index in [0.29, 0.717) is 49.7 Å². The zero-order valence-electron chi connectivity index (χ0n) is 21.0. The van der Waals surface area contributed by atoms with Crippen molar-refractivity contribution in [2.45, 2.75) is 33.4 Å². The molecule has 190 valence electrons. The summed E-state index contributed by atoms with van der Waals surface area (Å²) < 4.78 is 16.2. The van der Waals surface area contributed by atoms with Crippen LogP contribution in [0.4, 0.5) is 0 Å². The van der Waals surface area contributed by atoms with E-state index in [9.17, 15) is 9.59 Å².